The fourth-order valence-electron chi connectivity index (χ4n) is 1.41. The number of halogens is 3. The SMILES string of the molecule is COC(=O)C(O)C(O)c1c(F)cccc1OC(F)F. The Morgan fingerprint density at radius 2 is 1.95 bits per heavy atom. The number of esters is 1. The molecule has 8 heteroatoms. The third-order valence-corrected chi connectivity index (χ3v) is 2.27. The molecule has 2 N–H and O–H groups in total. The van der Waals surface area contributed by atoms with Gasteiger partial charge in [0, 0.05) is 0 Å². The van der Waals surface area contributed by atoms with Gasteiger partial charge in [-0.05, 0) is 12.1 Å². The second-order valence-electron chi connectivity index (χ2n) is 3.44. The molecule has 0 saturated carbocycles. The minimum atomic E-state index is -3.25. The number of rotatable bonds is 5. The molecule has 2 unspecified atom stereocenters. The summed E-state index contributed by atoms with van der Waals surface area (Å²) in [5.74, 6) is -3.02. The summed E-state index contributed by atoms with van der Waals surface area (Å²) in [6, 6.07) is 2.91. The van der Waals surface area contributed by atoms with Gasteiger partial charge in [-0.3, -0.25) is 0 Å². The first-order valence-corrected chi connectivity index (χ1v) is 5.05. The van der Waals surface area contributed by atoms with Crippen LogP contribution in [0.5, 0.6) is 5.75 Å². The molecule has 2 atom stereocenters. The van der Waals surface area contributed by atoms with Crippen LogP contribution < -0.4 is 4.74 Å². The average molecular weight is 280 g/mol. The summed E-state index contributed by atoms with van der Waals surface area (Å²) in [7, 11) is 0.941. The summed E-state index contributed by atoms with van der Waals surface area (Å²) in [6.07, 6.45) is -4.22. The van der Waals surface area contributed by atoms with Crippen molar-refractivity contribution in [3.8, 4) is 5.75 Å². The molecular weight excluding hydrogens is 269 g/mol. The minimum absolute atomic E-state index is 0.676. The molecule has 0 aliphatic carbocycles. The van der Waals surface area contributed by atoms with E-state index in [9.17, 15) is 28.2 Å². The van der Waals surface area contributed by atoms with E-state index in [0.29, 0.717) is 0 Å². The highest BCUT2D eigenvalue weighted by Gasteiger charge is 2.31. The van der Waals surface area contributed by atoms with Crippen molar-refractivity contribution < 1.29 is 37.7 Å². The van der Waals surface area contributed by atoms with E-state index in [0.717, 1.165) is 25.3 Å². The Balaban J connectivity index is 3.13. The number of carbonyl (C=O) groups excluding carboxylic acids is 1. The molecule has 5 nitrogen and oxygen atoms in total. The molecule has 0 aliphatic heterocycles. The monoisotopic (exact) mass is 280 g/mol. The van der Waals surface area contributed by atoms with E-state index in [1.54, 1.807) is 0 Å². The van der Waals surface area contributed by atoms with Crippen molar-refractivity contribution in [2.24, 2.45) is 0 Å². The quantitative estimate of drug-likeness (QED) is 0.787. The van der Waals surface area contributed by atoms with Gasteiger partial charge in [0.1, 0.15) is 17.7 Å². The molecule has 0 aromatic heterocycles. The van der Waals surface area contributed by atoms with Crippen LogP contribution in [-0.4, -0.2) is 36.0 Å². The van der Waals surface area contributed by atoms with Gasteiger partial charge in [0.25, 0.3) is 0 Å². The Kier molecular flexibility index (Phi) is 5.13. The maximum atomic E-state index is 13.5. The highest BCUT2D eigenvalue weighted by molar-refractivity contribution is 5.75. The maximum Gasteiger partial charge on any atom is 0.387 e. The van der Waals surface area contributed by atoms with Crippen LogP contribution in [0.15, 0.2) is 18.2 Å². The van der Waals surface area contributed by atoms with Crippen LogP contribution in [0.2, 0.25) is 0 Å². The van der Waals surface area contributed by atoms with Gasteiger partial charge in [0.2, 0.25) is 0 Å². The maximum absolute atomic E-state index is 13.5. The van der Waals surface area contributed by atoms with Crippen molar-refractivity contribution in [1.29, 1.82) is 0 Å². The van der Waals surface area contributed by atoms with Crippen LogP contribution in [0.4, 0.5) is 13.2 Å². The molecule has 0 spiro atoms. The predicted molar refractivity (Wildman–Crippen MR) is 56.0 cm³/mol. The normalized spacial score (nSPS) is 14.1. The highest BCUT2D eigenvalue weighted by Crippen LogP contribution is 2.31. The van der Waals surface area contributed by atoms with E-state index < -0.39 is 41.9 Å². The van der Waals surface area contributed by atoms with Gasteiger partial charge in [0.15, 0.2) is 6.10 Å². The number of benzene rings is 1. The summed E-state index contributed by atoms with van der Waals surface area (Å²) in [6.45, 7) is -3.25. The first-order chi connectivity index (χ1) is 8.88. The third kappa shape index (κ3) is 3.58. The molecule has 0 fully saturated rings. The molecule has 1 aromatic rings. The Morgan fingerprint density at radius 1 is 1.32 bits per heavy atom. The summed E-state index contributed by atoms with van der Waals surface area (Å²) in [4.78, 5) is 11.0. The van der Waals surface area contributed by atoms with E-state index in [-0.39, 0.29) is 0 Å². The number of aliphatic hydroxyl groups excluding tert-OH is 2. The number of ether oxygens (including phenoxy) is 2. The summed E-state index contributed by atoms with van der Waals surface area (Å²) in [5, 5.41) is 19.0. The lowest BCUT2D eigenvalue weighted by Gasteiger charge is -2.19. The number of carbonyl (C=O) groups is 1. The molecule has 0 bridgehead atoms. The van der Waals surface area contributed by atoms with Crippen molar-refractivity contribution in [1.82, 2.24) is 0 Å². The number of alkyl halides is 2. The standard InChI is InChI=1S/C11H11F3O5/c1-18-10(17)9(16)8(15)7-5(12)3-2-4-6(7)19-11(13)14/h2-4,8-9,11,15-16H,1H3. The third-order valence-electron chi connectivity index (χ3n) is 2.27. The molecule has 0 aliphatic rings. The molecule has 0 radical (unpaired) electrons. The molecular formula is C11H11F3O5. The highest BCUT2D eigenvalue weighted by atomic mass is 19.3. The molecule has 0 saturated heterocycles. The number of aliphatic hydroxyl groups is 2. The molecule has 19 heavy (non-hydrogen) atoms. The lowest BCUT2D eigenvalue weighted by molar-refractivity contribution is -0.157. The van der Waals surface area contributed by atoms with Gasteiger partial charge in [0.05, 0.1) is 12.7 Å². The molecule has 106 valence electrons. The van der Waals surface area contributed by atoms with E-state index in [4.69, 9.17) is 0 Å². The van der Waals surface area contributed by atoms with Crippen LogP contribution >= 0.6 is 0 Å². The van der Waals surface area contributed by atoms with Crippen molar-refractivity contribution >= 4 is 5.97 Å². The lowest BCUT2D eigenvalue weighted by Crippen LogP contribution is -2.30. The predicted octanol–water partition coefficient (Wildman–Crippen LogP) is 0.994. The van der Waals surface area contributed by atoms with Crippen molar-refractivity contribution in [2.75, 3.05) is 7.11 Å². The Morgan fingerprint density at radius 3 is 2.47 bits per heavy atom. The molecule has 0 heterocycles. The zero-order chi connectivity index (χ0) is 14.6. The van der Waals surface area contributed by atoms with Gasteiger partial charge in [-0.2, -0.15) is 8.78 Å². The van der Waals surface area contributed by atoms with Crippen LogP contribution in [0.3, 0.4) is 0 Å². The molecule has 1 rings (SSSR count). The van der Waals surface area contributed by atoms with Crippen LogP contribution in [0.25, 0.3) is 0 Å². The van der Waals surface area contributed by atoms with Gasteiger partial charge >= 0.3 is 12.6 Å². The zero-order valence-electron chi connectivity index (χ0n) is 9.72. The Labute approximate surface area is 106 Å². The van der Waals surface area contributed by atoms with Crippen molar-refractivity contribution in [3.63, 3.8) is 0 Å². The van der Waals surface area contributed by atoms with Crippen molar-refractivity contribution in [2.45, 2.75) is 18.8 Å². The lowest BCUT2D eigenvalue weighted by atomic mass is 10.0. The largest absolute Gasteiger partial charge is 0.467 e. The topological polar surface area (TPSA) is 76.0 Å². The average Bonchev–Trinajstić information content (AvgIpc) is 2.35. The summed E-state index contributed by atoms with van der Waals surface area (Å²) >= 11 is 0. The Hall–Kier alpha value is -1.80. The number of methoxy groups -OCH3 is 1. The summed E-state index contributed by atoms with van der Waals surface area (Å²) < 4.78 is 46.0. The first kappa shape index (κ1) is 15.3. The Bertz CT molecular complexity index is 452. The fraction of sp³-hybridized carbons (Fsp3) is 0.364. The second-order valence-corrected chi connectivity index (χ2v) is 3.44. The van der Waals surface area contributed by atoms with Crippen LogP contribution in [0, 0.1) is 5.82 Å². The summed E-state index contributed by atoms with van der Waals surface area (Å²) in [5.41, 5.74) is -0.749. The molecule has 0 amide bonds. The van der Waals surface area contributed by atoms with Gasteiger partial charge in [-0.1, -0.05) is 6.07 Å². The van der Waals surface area contributed by atoms with E-state index in [1.807, 2.05) is 0 Å². The second kappa shape index (κ2) is 6.39. The molecule has 1 aromatic carbocycles. The smallest absolute Gasteiger partial charge is 0.387 e. The fourth-order valence-corrected chi connectivity index (χ4v) is 1.41. The van der Waals surface area contributed by atoms with Crippen molar-refractivity contribution in [3.05, 3.63) is 29.6 Å². The van der Waals surface area contributed by atoms with Crippen LogP contribution in [0.1, 0.15) is 11.7 Å². The number of hydrogen-bond donors (Lipinski definition) is 2. The minimum Gasteiger partial charge on any atom is -0.467 e. The van der Waals surface area contributed by atoms with E-state index >= 15 is 0 Å². The van der Waals surface area contributed by atoms with Crippen LogP contribution in [-0.2, 0) is 9.53 Å². The van der Waals surface area contributed by atoms with Gasteiger partial charge < -0.3 is 19.7 Å². The van der Waals surface area contributed by atoms with Gasteiger partial charge in [-0.25, -0.2) is 9.18 Å². The number of hydrogen-bond acceptors (Lipinski definition) is 5. The first-order valence-electron chi connectivity index (χ1n) is 5.05. The zero-order valence-corrected chi connectivity index (χ0v) is 9.72. The van der Waals surface area contributed by atoms with Gasteiger partial charge in [-0.15, -0.1) is 0 Å². The van der Waals surface area contributed by atoms with E-state index in [2.05, 4.69) is 9.47 Å². The van der Waals surface area contributed by atoms with E-state index in [1.165, 1.54) is 0 Å².